The molecule has 2 aliphatic heterocycles. The molecule has 4 atom stereocenters. The van der Waals surface area contributed by atoms with Crippen molar-refractivity contribution in [2.45, 2.75) is 88.5 Å². The lowest BCUT2D eigenvalue weighted by molar-refractivity contribution is -0.143. The average Bonchev–Trinajstić information content (AvgIpc) is 1.48. The van der Waals surface area contributed by atoms with E-state index < -0.39 is 59.4 Å². The number of nitrogen functional groups attached to an aromatic ring is 1. The molecule has 0 saturated carbocycles. The lowest BCUT2D eigenvalue weighted by Gasteiger charge is -2.38. The summed E-state index contributed by atoms with van der Waals surface area (Å²) in [6.45, 7) is 12.4. The number of nitrogens with two attached hydrogens (primary N) is 1. The van der Waals surface area contributed by atoms with Gasteiger partial charge in [-0.3, -0.25) is 23.9 Å². The molecule has 0 radical (unpaired) electrons. The van der Waals surface area contributed by atoms with Crippen LogP contribution in [0.1, 0.15) is 112 Å². The summed E-state index contributed by atoms with van der Waals surface area (Å²) in [6, 6.07) is 103. The van der Waals surface area contributed by atoms with Gasteiger partial charge < -0.3 is 35.4 Å². The molecule has 4 N–H and O–H groups in total. The average molecular weight is 1530 g/mol. The second-order valence-corrected chi connectivity index (χ2v) is 30.8. The number of carboxylic acids is 1. The topological polar surface area (TPSA) is 213 Å². The summed E-state index contributed by atoms with van der Waals surface area (Å²) in [4.78, 5) is 63.1. The molecule has 2 aliphatic rings. The summed E-state index contributed by atoms with van der Waals surface area (Å²) >= 11 is 0. The summed E-state index contributed by atoms with van der Waals surface area (Å²) in [5.74, 6) is -2.04. The molecule has 10 aromatic carbocycles. The van der Waals surface area contributed by atoms with Crippen LogP contribution >= 0.6 is 0 Å². The number of hydrogen-bond donors (Lipinski definition) is 3. The molecule has 17 nitrogen and oxygen atoms in total. The molecule has 3 amide bonds. The lowest BCUT2D eigenvalue weighted by atomic mass is 9.77. The van der Waals surface area contributed by atoms with Gasteiger partial charge in [0.2, 0.25) is 5.91 Å². The van der Waals surface area contributed by atoms with Gasteiger partial charge in [-0.2, -0.15) is 10.2 Å². The van der Waals surface area contributed by atoms with Gasteiger partial charge in [0, 0.05) is 96.1 Å². The standard InChI is InChI=1S/C48H45N5O3.C31H24N4.C17H23NO4.CH3F/c1-47(2,3)56-46(55)52-32-36(34-16-8-4-9-17-34)30-37(33-52)45(54)50-41-24-25-43-42(31-41)44(35-26-28-49-29-27-35)51-53(43)48(38-18-10-5-11-19-38,39-20-12-6-13-21-39)40-22-14-7-15-23-40;32-27-16-17-29-28(22-27)30(23-18-20-33-21-19-23)34-35(29)31(24-10-4-1-5-11-24,25-12-6-2-7-13-25)26-14-8-3-9-15-26;1-17(2,3)22-16(21)18-10-13(9-14(11-18)15(19)20)12-7-5-4-6-8-12;1-2/h4-29,31,36-37H,30,32-33H2,1-3H3,(H,50,54);1-22H,32H2;4-8,13-14H,9-11H2,1-3H3,(H,19,20);1H3/i;;;1D. The Balaban J connectivity index is 0.000000165. The third kappa shape index (κ3) is 17.8. The van der Waals surface area contributed by atoms with Gasteiger partial charge >= 0.3 is 18.2 Å². The Hall–Kier alpha value is -13.4. The van der Waals surface area contributed by atoms with Gasteiger partial charge in [-0.05, 0) is 160 Å². The van der Waals surface area contributed by atoms with Gasteiger partial charge in [-0.15, -0.1) is 0 Å². The van der Waals surface area contributed by atoms with Crippen LogP contribution in [0.4, 0.5) is 25.4 Å². The molecule has 18 heteroatoms. The first-order valence-corrected chi connectivity index (χ1v) is 38.6. The van der Waals surface area contributed by atoms with Crippen LogP contribution in [0, 0.1) is 11.8 Å². The number of amides is 3. The van der Waals surface area contributed by atoms with Gasteiger partial charge in [0.15, 0.2) is 0 Å². The van der Waals surface area contributed by atoms with Gasteiger partial charge in [0.25, 0.3) is 0 Å². The number of pyridine rings is 2. The number of fused-ring (bicyclic) bond motifs is 2. The lowest BCUT2D eigenvalue weighted by Crippen LogP contribution is -2.48. The van der Waals surface area contributed by atoms with E-state index in [9.17, 15) is 28.7 Å². The zero-order valence-corrected chi connectivity index (χ0v) is 65.4. The number of likely N-dealkylation sites (tertiary alicyclic amines) is 2. The van der Waals surface area contributed by atoms with Gasteiger partial charge in [-0.1, -0.05) is 243 Å². The van der Waals surface area contributed by atoms with E-state index in [0.717, 1.165) is 88.8 Å². The predicted octanol–water partition coefficient (Wildman–Crippen LogP) is 20.1. The Labute approximate surface area is 672 Å². The monoisotopic (exact) mass is 1530 g/mol. The molecule has 0 bridgehead atoms. The van der Waals surface area contributed by atoms with Crippen LogP contribution < -0.4 is 11.1 Å². The number of halogens is 1. The second kappa shape index (κ2) is 35.6. The summed E-state index contributed by atoms with van der Waals surface area (Å²) in [7, 11) is -1.00. The Morgan fingerprint density at radius 3 is 1.09 bits per heavy atom. The summed E-state index contributed by atoms with van der Waals surface area (Å²) in [5.41, 5.74) is 19.0. The Morgan fingerprint density at radius 1 is 0.435 bits per heavy atom. The third-order valence-electron chi connectivity index (χ3n) is 20.8. The highest BCUT2D eigenvalue weighted by atomic mass is 19.1. The number of anilines is 2. The highest BCUT2D eigenvalue weighted by Crippen LogP contribution is 2.47. The minimum absolute atomic E-state index is 0.0172. The molecule has 4 unspecified atom stereocenters. The number of rotatable bonds is 15. The maximum atomic E-state index is 14.3. The van der Waals surface area contributed by atoms with E-state index in [2.05, 4.69) is 207 Å². The number of nitrogens with zero attached hydrogens (tertiary/aromatic N) is 8. The van der Waals surface area contributed by atoms with Gasteiger partial charge in [0.05, 0.1) is 31.4 Å². The zero-order valence-electron chi connectivity index (χ0n) is 66.4. The van der Waals surface area contributed by atoms with E-state index in [1.54, 1.807) is 50.5 Å². The van der Waals surface area contributed by atoms with Crippen molar-refractivity contribution in [2.24, 2.45) is 11.8 Å². The van der Waals surface area contributed by atoms with Crippen LogP contribution in [-0.2, 0) is 30.1 Å². The van der Waals surface area contributed by atoms with Crippen molar-refractivity contribution in [2.75, 3.05) is 44.4 Å². The van der Waals surface area contributed by atoms with Gasteiger partial charge in [-0.25, -0.2) is 19.0 Å². The van der Waals surface area contributed by atoms with E-state index in [1.165, 1.54) is 4.90 Å². The third-order valence-corrected chi connectivity index (χ3v) is 20.8. The maximum Gasteiger partial charge on any atom is 0.410 e. The molecular weight excluding hydrogens is 1440 g/mol. The number of hydrogen-bond acceptors (Lipinski definition) is 11. The van der Waals surface area contributed by atoms with Crippen LogP contribution in [0.3, 0.4) is 0 Å². The van der Waals surface area contributed by atoms with Gasteiger partial charge in [0.1, 0.15) is 33.7 Å². The molecule has 16 rings (SSSR count). The van der Waals surface area contributed by atoms with E-state index in [4.69, 9.17) is 26.8 Å². The highest BCUT2D eigenvalue weighted by molar-refractivity contribution is 6.00. The summed E-state index contributed by atoms with van der Waals surface area (Å²) in [5, 5.41) is 25.3. The van der Waals surface area contributed by atoms with Crippen LogP contribution in [0.2, 0.25) is 0 Å². The Bertz CT molecular complexity index is 5380. The van der Waals surface area contributed by atoms with Crippen LogP contribution in [-0.4, -0.2) is 113 Å². The summed E-state index contributed by atoms with van der Waals surface area (Å²) < 4.78 is 31.0. The molecule has 0 aliphatic carbocycles. The quantitative estimate of drug-likeness (QED) is 0.0646. The summed E-state index contributed by atoms with van der Waals surface area (Å²) in [6.07, 6.45) is 7.42. The number of aromatic nitrogens is 6. The van der Waals surface area contributed by atoms with Crippen molar-refractivity contribution in [1.82, 2.24) is 39.3 Å². The first-order valence-electron chi connectivity index (χ1n) is 39.3. The fourth-order valence-corrected chi connectivity index (χ4v) is 15.8. The van der Waals surface area contributed by atoms with Crippen molar-refractivity contribution in [3.05, 3.63) is 373 Å². The minimum Gasteiger partial charge on any atom is -0.481 e. The molecule has 0 spiro atoms. The molecule has 2 saturated heterocycles. The fourth-order valence-electron chi connectivity index (χ4n) is 15.8. The number of alkyl halides is 1. The SMILES string of the molecule is CC(C)(C)OC(=O)N1CC(C(=O)Nc2ccc3c(c2)c(-c2ccncc2)nn3C(c2ccccc2)(c2ccccc2)c2ccccc2)CC(c2ccccc2)C1.CC(C)(C)OC(=O)N1CC(C(=O)O)CC(c2ccccc2)C1.Nc1ccc2c(c1)c(-c1ccncc1)nn2C(c1ccccc1)(c1ccccc1)c1ccccc1.[2H]CF. The molecule has 4 aromatic heterocycles. The zero-order chi connectivity index (χ0) is 81.4. The molecule has 6 heterocycles. The largest absolute Gasteiger partial charge is 0.481 e. The Kier molecular flexibility index (Phi) is 24.2. The van der Waals surface area contributed by atoms with Crippen molar-refractivity contribution < 1.29 is 39.5 Å². The predicted molar refractivity (Wildman–Crippen MR) is 453 cm³/mol. The van der Waals surface area contributed by atoms with Crippen LogP contribution in [0.5, 0.6) is 0 Å². The Morgan fingerprint density at radius 2 is 0.748 bits per heavy atom. The van der Waals surface area contributed by atoms with Crippen molar-refractivity contribution >= 4 is 57.2 Å². The van der Waals surface area contributed by atoms with Crippen LogP contribution in [0.15, 0.2) is 328 Å². The number of carbonyl (C=O) groups excluding carboxylic acids is 3. The number of carboxylic acid groups (broad SMARTS) is 1. The second-order valence-electron chi connectivity index (χ2n) is 30.8. The maximum absolute atomic E-state index is 14.3. The smallest absolute Gasteiger partial charge is 0.410 e. The van der Waals surface area contributed by atoms with Crippen molar-refractivity contribution in [1.29, 1.82) is 0 Å². The highest BCUT2D eigenvalue weighted by Gasteiger charge is 2.44. The first-order chi connectivity index (χ1) is 56.2. The van der Waals surface area contributed by atoms with Crippen LogP contribution in [0.25, 0.3) is 44.3 Å². The molecule has 115 heavy (non-hydrogen) atoms. The van der Waals surface area contributed by atoms with E-state index in [0.29, 0.717) is 37.3 Å². The van der Waals surface area contributed by atoms with Crippen molar-refractivity contribution in [3.8, 4) is 22.5 Å². The van der Waals surface area contributed by atoms with E-state index in [-0.39, 0.29) is 30.8 Å². The minimum atomic E-state index is -1.00. The van der Waals surface area contributed by atoms with Crippen molar-refractivity contribution in [3.63, 3.8) is 0 Å². The molecule has 582 valence electrons. The number of benzene rings is 10. The normalized spacial score (nSPS) is 15.7. The first kappa shape index (κ1) is 78.3. The number of piperidine rings is 2. The van der Waals surface area contributed by atoms with E-state index >= 15 is 0 Å². The molecular formula is C97H95FN10O7. The number of carbonyl (C=O) groups is 4. The fraction of sp³-hybridized carbons (Fsp3) is 0.216. The number of aliphatic carboxylic acids is 1. The number of nitrogens with one attached hydrogen (secondary N) is 1. The molecule has 2 fully saturated rings. The molecule has 14 aromatic rings. The number of ether oxygens (including phenoxy) is 2. The van der Waals surface area contributed by atoms with E-state index in [1.807, 2.05) is 142 Å².